The molecule has 0 atom stereocenters. The van der Waals surface area contributed by atoms with Crippen molar-refractivity contribution in [3.05, 3.63) is 23.8 Å². The number of nitrogens with one attached hydrogen (secondary N) is 1. The third-order valence-corrected chi connectivity index (χ3v) is 2.68. The molecule has 100 valence electrons. The molecule has 1 aromatic rings. The van der Waals surface area contributed by atoms with E-state index in [0.29, 0.717) is 24.3 Å². The van der Waals surface area contributed by atoms with Crippen LogP contribution >= 0.6 is 0 Å². The van der Waals surface area contributed by atoms with Crippen molar-refractivity contribution in [3.63, 3.8) is 0 Å². The van der Waals surface area contributed by atoms with Crippen LogP contribution in [0.1, 0.15) is 26.3 Å². The molecule has 0 radical (unpaired) electrons. The van der Waals surface area contributed by atoms with Gasteiger partial charge in [-0.2, -0.15) is 5.26 Å². The number of fused-ring (bicyclic) bond motifs is 1. The maximum Gasteiger partial charge on any atom is 0.414 e. The Kier molecular flexibility index (Phi) is 3.34. The van der Waals surface area contributed by atoms with Crippen LogP contribution in [0.15, 0.2) is 18.2 Å². The molecule has 1 aromatic carbocycles. The Morgan fingerprint density at radius 2 is 2.21 bits per heavy atom. The van der Waals surface area contributed by atoms with Crippen LogP contribution in [0.2, 0.25) is 0 Å². The fraction of sp³-hybridized carbons (Fsp3) is 0.429. The molecule has 0 aromatic heterocycles. The number of amides is 1. The van der Waals surface area contributed by atoms with Gasteiger partial charge in [0.1, 0.15) is 5.60 Å². The standard InChI is InChI=1S/C14H17N3O2/c1-14(2,3)19-13(18)17-7-6-16-11-5-4-10(9-15)8-12(11)17/h4-5,8,16H,6-7H2,1-3H3. The molecule has 0 fully saturated rings. The Hall–Kier alpha value is -2.22. The predicted octanol–water partition coefficient (Wildman–Crippen LogP) is 2.73. The van der Waals surface area contributed by atoms with E-state index in [1.165, 1.54) is 0 Å². The minimum absolute atomic E-state index is 0.384. The van der Waals surface area contributed by atoms with E-state index in [4.69, 9.17) is 10.00 Å². The van der Waals surface area contributed by atoms with Crippen LogP contribution in [-0.4, -0.2) is 24.8 Å². The highest BCUT2D eigenvalue weighted by atomic mass is 16.6. The Morgan fingerprint density at radius 1 is 1.47 bits per heavy atom. The predicted molar refractivity (Wildman–Crippen MR) is 73.2 cm³/mol. The number of anilines is 2. The summed E-state index contributed by atoms with van der Waals surface area (Å²) in [6.45, 7) is 6.69. The number of carbonyl (C=O) groups excluding carboxylic acids is 1. The van der Waals surface area contributed by atoms with Gasteiger partial charge in [0.25, 0.3) is 0 Å². The normalized spacial score (nSPS) is 14.1. The van der Waals surface area contributed by atoms with Gasteiger partial charge < -0.3 is 10.1 Å². The molecule has 0 saturated heterocycles. The number of benzene rings is 1. The number of rotatable bonds is 0. The van der Waals surface area contributed by atoms with Crippen molar-refractivity contribution in [2.24, 2.45) is 0 Å². The smallest absolute Gasteiger partial charge is 0.414 e. The molecule has 5 nitrogen and oxygen atoms in total. The van der Waals surface area contributed by atoms with Gasteiger partial charge in [-0.15, -0.1) is 0 Å². The maximum atomic E-state index is 12.2. The van der Waals surface area contributed by atoms with E-state index in [2.05, 4.69) is 11.4 Å². The van der Waals surface area contributed by atoms with Gasteiger partial charge in [-0.1, -0.05) is 0 Å². The van der Waals surface area contributed by atoms with Crippen LogP contribution in [-0.2, 0) is 4.74 Å². The highest BCUT2D eigenvalue weighted by Crippen LogP contribution is 2.31. The number of ether oxygens (including phenoxy) is 1. The lowest BCUT2D eigenvalue weighted by Gasteiger charge is -2.32. The Morgan fingerprint density at radius 3 is 2.84 bits per heavy atom. The molecule has 0 aliphatic carbocycles. The van der Waals surface area contributed by atoms with Crippen molar-refractivity contribution < 1.29 is 9.53 Å². The van der Waals surface area contributed by atoms with Crippen molar-refractivity contribution in [1.82, 2.24) is 0 Å². The summed E-state index contributed by atoms with van der Waals surface area (Å²) < 4.78 is 5.38. The molecule has 1 heterocycles. The van der Waals surface area contributed by atoms with Crippen LogP contribution < -0.4 is 10.2 Å². The zero-order chi connectivity index (χ0) is 14.0. The molecular formula is C14H17N3O2. The van der Waals surface area contributed by atoms with Crippen molar-refractivity contribution in [3.8, 4) is 6.07 Å². The number of hydrogen-bond donors (Lipinski definition) is 1. The van der Waals surface area contributed by atoms with Gasteiger partial charge in [0.15, 0.2) is 0 Å². The number of hydrogen-bond acceptors (Lipinski definition) is 4. The van der Waals surface area contributed by atoms with Gasteiger partial charge in [0.05, 0.1) is 23.0 Å². The molecule has 0 saturated carbocycles. The third kappa shape index (κ3) is 2.97. The van der Waals surface area contributed by atoms with Crippen LogP contribution in [0.5, 0.6) is 0 Å². The van der Waals surface area contributed by atoms with Crippen LogP contribution in [0, 0.1) is 11.3 Å². The van der Waals surface area contributed by atoms with Gasteiger partial charge in [-0.3, -0.25) is 4.90 Å². The molecule has 1 aliphatic rings. The number of nitriles is 1. The van der Waals surface area contributed by atoms with Gasteiger partial charge >= 0.3 is 6.09 Å². The number of nitrogens with zero attached hydrogens (tertiary/aromatic N) is 2. The molecular weight excluding hydrogens is 242 g/mol. The van der Waals surface area contributed by atoms with Crippen molar-refractivity contribution in [2.45, 2.75) is 26.4 Å². The average Bonchev–Trinajstić information content (AvgIpc) is 2.35. The summed E-state index contributed by atoms with van der Waals surface area (Å²) in [6.07, 6.45) is -0.384. The second-order valence-electron chi connectivity index (χ2n) is 5.40. The van der Waals surface area contributed by atoms with Crippen molar-refractivity contribution in [1.29, 1.82) is 5.26 Å². The fourth-order valence-electron chi connectivity index (χ4n) is 1.90. The van der Waals surface area contributed by atoms with Crippen molar-refractivity contribution in [2.75, 3.05) is 23.3 Å². The first kappa shape index (κ1) is 13.2. The topological polar surface area (TPSA) is 65.4 Å². The first-order valence-corrected chi connectivity index (χ1v) is 6.19. The molecule has 2 rings (SSSR count). The van der Waals surface area contributed by atoms with Crippen LogP contribution in [0.25, 0.3) is 0 Å². The minimum Gasteiger partial charge on any atom is -0.443 e. The molecule has 0 bridgehead atoms. The van der Waals surface area contributed by atoms with E-state index >= 15 is 0 Å². The highest BCUT2D eigenvalue weighted by molar-refractivity contribution is 5.93. The summed E-state index contributed by atoms with van der Waals surface area (Å²) in [5, 5.41) is 12.1. The van der Waals surface area contributed by atoms with E-state index in [9.17, 15) is 4.79 Å². The van der Waals surface area contributed by atoms with E-state index in [1.54, 1.807) is 17.0 Å². The monoisotopic (exact) mass is 259 g/mol. The SMILES string of the molecule is CC(C)(C)OC(=O)N1CCNc2ccc(C#N)cc21. The second kappa shape index (κ2) is 4.81. The zero-order valence-electron chi connectivity index (χ0n) is 11.4. The largest absolute Gasteiger partial charge is 0.443 e. The maximum absolute atomic E-state index is 12.2. The lowest BCUT2D eigenvalue weighted by molar-refractivity contribution is 0.0581. The van der Waals surface area contributed by atoms with E-state index in [0.717, 1.165) is 5.69 Å². The molecule has 0 unspecified atom stereocenters. The lowest BCUT2D eigenvalue weighted by Crippen LogP contribution is -2.42. The molecule has 1 amide bonds. The van der Waals surface area contributed by atoms with E-state index < -0.39 is 5.60 Å². The summed E-state index contributed by atoms with van der Waals surface area (Å²) in [7, 11) is 0. The first-order chi connectivity index (χ1) is 8.90. The summed E-state index contributed by atoms with van der Waals surface area (Å²) in [6, 6.07) is 7.31. The van der Waals surface area contributed by atoms with E-state index in [1.807, 2.05) is 26.8 Å². The summed E-state index contributed by atoms with van der Waals surface area (Å²) in [5.74, 6) is 0. The average molecular weight is 259 g/mol. The van der Waals surface area contributed by atoms with Crippen LogP contribution in [0.4, 0.5) is 16.2 Å². The summed E-state index contributed by atoms with van der Waals surface area (Å²) in [4.78, 5) is 13.7. The van der Waals surface area contributed by atoms with Gasteiger partial charge in [0.2, 0.25) is 0 Å². The summed E-state index contributed by atoms with van der Waals surface area (Å²) >= 11 is 0. The minimum atomic E-state index is -0.533. The second-order valence-corrected chi connectivity index (χ2v) is 5.40. The first-order valence-electron chi connectivity index (χ1n) is 6.19. The Balaban J connectivity index is 2.31. The molecule has 19 heavy (non-hydrogen) atoms. The fourth-order valence-corrected chi connectivity index (χ4v) is 1.90. The molecule has 1 aliphatic heterocycles. The molecule has 0 spiro atoms. The highest BCUT2D eigenvalue weighted by Gasteiger charge is 2.27. The van der Waals surface area contributed by atoms with Gasteiger partial charge in [-0.05, 0) is 39.0 Å². The zero-order valence-corrected chi connectivity index (χ0v) is 11.4. The van der Waals surface area contributed by atoms with E-state index in [-0.39, 0.29) is 6.09 Å². The quantitative estimate of drug-likeness (QED) is 0.778. The molecule has 5 heteroatoms. The Bertz CT molecular complexity index is 541. The van der Waals surface area contributed by atoms with Crippen LogP contribution in [0.3, 0.4) is 0 Å². The summed E-state index contributed by atoms with van der Waals surface area (Å²) in [5.41, 5.74) is 1.53. The van der Waals surface area contributed by atoms with Crippen molar-refractivity contribution >= 4 is 17.5 Å². The van der Waals surface area contributed by atoms with Gasteiger partial charge in [-0.25, -0.2) is 4.79 Å². The number of carbonyl (C=O) groups is 1. The molecule has 1 N–H and O–H groups in total. The van der Waals surface area contributed by atoms with Gasteiger partial charge in [0, 0.05) is 13.1 Å². The Labute approximate surface area is 112 Å². The third-order valence-electron chi connectivity index (χ3n) is 2.68. The lowest BCUT2D eigenvalue weighted by atomic mass is 10.1.